The minimum atomic E-state index is -0.428. The molecule has 1 aromatic heterocycles. The van der Waals surface area contributed by atoms with E-state index in [1.807, 2.05) is 14.0 Å². The summed E-state index contributed by atoms with van der Waals surface area (Å²) in [5.41, 5.74) is 1.61. The monoisotopic (exact) mass is 313 g/mol. The summed E-state index contributed by atoms with van der Waals surface area (Å²) in [6.07, 6.45) is 4.64. The van der Waals surface area contributed by atoms with E-state index in [1.165, 1.54) is 12.8 Å². The lowest BCUT2D eigenvalue weighted by molar-refractivity contribution is -0.0431. The van der Waals surface area contributed by atoms with E-state index in [2.05, 4.69) is 31.0 Å². The maximum Gasteiger partial charge on any atom is 0.0847 e. The van der Waals surface area contributed by atoms with E-state index >= 15 is 0 Å². The van der Waals surface area contributed by atoms with E-state index in [0.717, 1.165) is 24.2 Å². The molecule has 0 bridgehead atoms. The SMILES string of the molecule is Cc1nn(C)c(CC(O)C2(N(C)C)CCCC(C)C2)c1Cl. The number of hydrogen-bond acceptors (Lipinski definition) is 3. The second kappa shape index (κ2) is 6.27. The number of aryl methyl sites for hydroxylation is 2. The summed E-state index contributed by atoms with van der Waals surface area (Å²) in [7, 11) is 6.06. The first kappa shape index (κ1) is 16.8. The fourth-order valence-corrected chi connectivity index (χ4v) is 4.08. The summed E-state index contributed by atoms with van der Waals surface area (Å²) in [5.74, 6) is 0.652. The average molecular weight is 314 g/mol. The molecular weight excluding hydrogens is 286 g/mol. The number of aliphatic hydroxyl groups is 1. The van der Waals surface area contributed by atoms with Crippen molar-refractivity contribution in [3.63, 3.8) is 0 Å². The van der Waals surface area contributed by atoms with Gasteiger partial charge in [-0.2, -0.15) is 5.10 Å². The highest BCUT2D eigenvalue weighted by atomic mass is 35.5. The second-order valence-corrected chi connectivity index (χ2v) is 7.27. The van der Waals surface area contributed by atoms with Crippen molar-refractivity contribution in [3.8, 4) is 0 Å². The number of nitrogens with zero attached hydrogens (tertiary/aromatic N) is 3. The van der Waals surface area contributed by atoms with E-state index < -0.39 is 6.10 Å². The Morgan fingerprint density at radius 1 is 1.52 bits per heavy atom. The molecule has 0 aliphatic heterocycles. The lowest BCUT2D eigenvalue weighted by Gasteiger charge is -2.48. The van der Waals surface area contributed by atoms with Crippen molar-refractivity contribution in [2.24, 2.45) is 13.0 Å². The van der Waals surface area contributed by atoms with Crippen molar-refractivity contribution < 1.29 is 5.11 Å². The van der Waals surface area contributed by atoms with E-state index in [0.29, 0.717) is 17.4 Å². The Kier molecular flexibility index (Phi) is 5.01. The Morgan fingerprint density at radius 2 is 2.19 bits per heavy atom. The molecule has 1 heterocycles. The normalized spacial score (nSPS) is 28.1. The van der Waals surface area contributed by atoms with Crippen LogP contribution >= 0.6 is 11.6 Å². The molecule has 3 unspecified atom stereocenters. The standard InChI is InChI=1S/C16H28ClN3O/c1-11-7-6-8-16(10-11,19(3)4)14(21)9-13-15(17)12(2)18-20(13)5/h11,14,21H,6-10H2,1-5H3. The zero-order valence-corrected chi connectivity index (χ0v) is 14.6. The largest absolute Gasteiger partial charge is 0.391 e. The molecule has 0 aromatic carbocycles. The predicted octanol–water partition coefficient (Wildman–Crippen LogP) is 2.80. The topological polar surface area (TPSA) is 41.3 Å². The summed E-state index contributed by atoms with van der Waals surface area (Å²) < 4.78 is 1.80. The van der Waals surface area contributed by atoms with Gasteiger partial charge in [0.2, 0.25) is 0 Å². The van der Waals surface area contributed by atoms with E-state index in [4.69, 9.17) is 11.6 Å². The third-order valence-corrected chi connectivity index (χ3v) is 5.66. The van der Waals surface area contributed by atoms with Gasteiger partial charge in [-0.3, -0.25) is 4.68 Å². The molecule has 3 atom stereocenters. The van der Waals surface area contributed by atoms with Crippen molar-refractivity contribution in [1.82, 2.24) is 14.7 Å². The van der Waals surface area contributed by atoms with Gasteiger partial charge in [-0.15, -0.1) is 0 Å². The number of halogens is 1. The lowest BCUT2D eigenvalue weighted by atomic mass is 9.71. The Morgan fingerprint density at radius 3 is 2.67 bits per heavy atom. The summed E-state index contributed by atoms with van der Waals surface area (Å²) in [5, 5.41) is 16.0. The summed E-state index contributed by atoms with van der Waals surface area (Å²) >= 11 is 6.34. The maximum atomic E-state index is 11.0. The van der Waals surface area contributed by atoms with Crippen molar-refractivity contribution in [2.45, 2.75) is 57.6 Å². The smallest absolute Gasteiger partial charge is 0.0847 e. The second-order valence-electron chi connectivity index (χ2n) is 6.89. The quantitative estimate of drug-likeness (QED) is 0.929. The highest BCUT2D eigenvalue weighted by molar-refractivity contribution is 6.31. The highest BCUT2D eigenvalue weighted by Crippen LogP contribution is 2.39. The molecule has 4 nitrogen and oxygen atoms in total. The summed E-state index contributed by atoms with van der Waals surface area (Å²) in [6.45, 7) is 4.19. The molecule has 1 N–H and O–H groups in total. The molecule has 5 heteroatoms. The number of aromatic nitrogens is 2. The first-order valence-corrected chi connectivity index (χ1v) is 8.19. The molecule has 0 amide bonds. The molecule has 0 radical (unpaired) electrons. The van der Waals surface area contributed by atoms with Gasteiger partial charge in [0.25, 0.3) is 0 Å². The van der Waals surface area contributed by atoms with Crippen LogP contribution in [0.4, 0.5) is 0 Å². The minimum Gasteiger partial charge on any atom is -0.391 e. The van der Waals surface area contributed by atoms with Crippen molar-refractivity contribution >= 4 is 11.6 Å². The van der Waals surface area contributed by atoms with Crippen molar-refractivity contribution in [1.29, 1.82) is 0 Å². The first-order chi connectivity index (χ1) is 9.78. The maximum absolute atomic E-state index is 11.0. The molecule has 0 spiro atoms. The summed E-state index contributed by atoms with van der Waals surface area (Å²) in [6, 6.07) is 0. The van der Waals surface area contributed by atoms with Crippen molar-refractivity contribution in [2.75, 3.05) is 14.1 Å². The van der Waals surface area contributed by atoms with Gasteiger partial charge in [0.05, 0.1) is 22.5 Å². The third-order valence-electron chi connectivity index (χ3n) is 5.17. The molecular formula is C16H28ClN3O. The average Bonchev–Trinajstić information content (AvgIpc) is 2.65. The van der Waals surface area contributed by atoms with Crippen molar-refractivity contribution in [3.05, 3.63) is 16.4 Å². The van der Waals surface area contributed by atoms with Gasteiger partial charge in [-0.1, -0.05) is 31.4 Å². The van der Waals surface area contributed by atoms with Crippen LogP contribution in [0.25, 0.3) is 0 Å². The van der Waals surface area contributed by atoms with Gasteiger partial charge in [0.1, 0.15) is 0 Å². The van der Waals surface area contributed by atoms with Crippen LogP contribution < -0.4 is 0 Å². The fraction of sp³-hybridized carbons (Fsp3) is 0.812. The molecule has 120 valence electrons. The van der Waals surface area contributed by atoms with Crippen LogP contribution in [0.2, 0.25) is 5.02 Å². The summed E-state index contributed by atoms with van der Waals surface area (Å²) in [4.78, 5) is 2.21. The van der Waals surface area contributed by atoms with E-state index in [1.54, 1.807) is 4.68 Å². The molecule has 2 rings (SSSR count). The number of hydrogen-bond donors (Lipinski definition) is 1. The van der Waals surface area contributed by atoms with Crippen LogP contribution in [0, 0.1) is 12.8 Å². The molecule has 21 heavy (non-hydrogen) atoms. The lowest BCUT2D eigenvalue weighted by Crippen LogP contribution is -2.56. The molecule has 0 saturated heterocycles. The zero-order valence-electron chi connectivity index (χ0n) is 13.9. The highest BCUT2D eigenvalue weighted by Gasteiger charge is 2.43. The predicted molar refractivity (Wildman–Crippen MR) is 86.7 cm³/mol. The van der Waals surface area contributed by atoms with Gasteiger partial charge < -0.3 is 10.0 Å². The fourth-order valence-electron chi connectivity index (χ4n) is 3.85. The van der Waals surface area contributed by atoms with Gasteiger partial charge in [-0.25, -0.2) is 0 Å². The number of aliphatic hydroxyl groups excluding tert-OH is 1. The van der Waals surface area contributed by atoms with E-state index in [-0.39, 0.29) is 5.54 Å². The molecule has 1 saturated carbocycles. The van der Waals surface area contributed by atoms with Gasteiger partial charge in [0.15, 0.2) is 0 Å². The molecule has 1 aliphatic carbocycles. The minimum absolute atomic E-state index is 0.154. The Hall–Kier alpha value is -0.580. The van der Waals surface area contributed by atoms with Crippen LogP contribution in [0.3, 0.4) is 0 Å². The third kappa shape index (κ3) is 3.13. The Balaban J connectivity index is 2.25. The molecule has 1 fully saturated rings. The Bertz CT molecular complexity index is 500. The number of rotatable bonds is 4. The zero-order chi connectivity index (χ0) is 15.8. The van der Waals surface area contributed by atoms with Crippen LogP contribution in [0.1, 0.15) is 44.0 Å². The van der Waals surface area contributed by atoms with Crippen LogP contribution in [0.15, 0.2) is 0 Å². The first-order valence-electron chi connectivity index (χ1n) is 7.81. The van der Waals surface area contributed by atoms with Gasteiger partial charge in [-0.05, 0) is 39.8 Å². The van der Waals surface area contributed by atoms with E-state index in [9.17, 15) is 5.11 Å². The number of likely N-dealkylation sites (N-methyl/N-ethyl adjacent to an activating group) is 1. The molecule has 1 aliphatic rings. The Labute approximate surface area is 133 Å². The van der Waals surface area contributed by atoms with Gasteiger partial charge >= 0.3 is 0 Å². The van der Waals surface area contributed by atoms with Crippen LogP contribution in [-0.2, 0) is 13.5 Å². The van der Waals surface area contributed by atoms with Crippen LogP contribution in [0.5, 0.6) is 0 Å². The molecule has 1 aromatic rings. The van der Waals surface area contributed by atoms with Crippen LogP contribution in [-0.4, -0.2) is 45.5 Å². The van der Waals surface area contributed by atoms with Gasteiger partial charge in [0, 0.05) is 19.0 Å².